The number of guanidine groups is 1. The van der Waals surface area contributed by atoms with Crippen molar-refractivity contribution in [1.29, 1.82) is 0 Å². The average molecular weight is 324 g/mol. The zero-order valence-corrected chi connectivity index (χ0v) is 10.4. The lowest BCUT2D eigenvalue weighted by atomic mass is 10.1. The Bertz CT molecular complexity index is 348. The first-order valence-corrected chi connectivity index (χ1v) is 5.63. The fourth-order valence-corrected chi connectivity index (χ4v) is 2.21. The van der Waals surface area contributed by atoms with E-state index in [0.717, 1.165) is 14.7 Å². The Hall–Kier alpha value is -0.490. The third-order valence-corrected chi connectivity index (χ3v) is 3.00. The molecule has 0 fully saturated rings. The van der Waals surface area contributed by atoms with Gasteiger partial charge in [0, 0.05) is 9.45 Å². The smallest absolute Gasteiger partial charge is 0.186 e. The quantitative estimate of drug-likeness (QED) is 0.386. The first-order chi connectivity index (χ1) is 6.63. The lowest BCUT2D eigenvalue weighted by Crippen LogP contribution is -2.22. The summed E-state index contributed by atoms with van der Waals surface area (Å²) in [5.74, 6) is 0.641. The SMILES string of the molecule is NC(N)=NCc1ccc(CCl)c(I)c1. The van der Waals surface area contributed by atoms with E-state index in [1.54, 1.807) is 0 Å². The molecule has 0 amide bonds. The van der Waals surface area contributed by atoms with Gasteiger partial charge in [0.05, 0.1) is 6.54 Å². The van der Waals surface area contributed by atoms with E-state index in [1.165, 1.54) is 0 Å². The molecule has 3 nitrogen and oxygen atoms in total. The largest absolute Gasteiger partial charge is 0.370 e. The van der Waals surface area contributed by atoms with Crippen LogP contribution >= 0.6 is 34.2 Å². The molecule has 0 saturated heterocycles. The maximum atomic E-state index is 5.74. The minimum Gasteiger partial charge on any atom is -0.370 e. The minimum atomic E-state index is 0.112. The molecule has 5 heteroatoms. The summed E-state index contributed by atoms with van der Waals surface area (Å²) in [6.45, 7) is 0.515. The number of hydrogen-bond donors (Lipinski definition) is 2. The first-order valence-electron chi connectivity index (χ1n) is 4.02. The molecule has 0 aliphatic rings. The van der Waals surface area contributed by atoms with Crippen molar-refractivity contribution in [3.8, 4) is 0 Å². The molecule has 0 radical (unpaired) electrons. The van der Waals surface area contributed by atoms with Gasteiger partial charge < -0.3 is 11.5 Å². The van der Waals surface area contributed by atoms with Crippen molar-refractivity contribution in [3.63, 3.8) is 0 Å². The number of aliphatic imine (C=N–C) groups is 1. The molecule has 0 heterocycles. The second kappa shape index (κ2) is 5.41. The number of alkyl halides is 1. The monoisotopic (exact) mass is 323 g/mol. The van der Waals surface area contributed by atoms with Gasteiger partial charge in [-0.15, -0.1) is 11.6 Å². The first kappa shape index (κ1) is 11.6. The molecule has 1 rings (SSSR count). The van der Waals surface area contributed by atoms with Crippen LogP contribution in [0.3, 0.4) is 0 Å². The molecular formula is C9H11ClIN3. The van der Waals surface area contributed by atoms with Crippen LogP contribution in [0.1, 0.15) is 11.1 Å². The van der Waals surface area contributed by atoms with Crippen LogP contribution in [0.5, 0.6) is 0 Å². The highest BCUT2D eigenvalue weighted by atomic mass is 127. The number of hydrogen-bond acceptors (Lipinski definition) is 1. The van der Waals surface area contributed by atoms with Crippen molar-refractivity contribution in [1.82, 2.24) is 0 Å². The number of nitrogens with two attached hydrogens (primary N) is 2. The molecule has 0 bridgehead atoms. The Morgan fingerprint density at radius 2 is 2.14 bits per heavy atom. The predicted octanol–water partition coefficient (Wildman–Crippen LogP) is 1.80. The average Bonchev–Trinajstić information content (AvgIpc) is 2.15. The molecule has 4 N–H and O–H groups in total. The Kier molecular flexibility index (Phi) is 4.47. The van der Waals surface area contributed by atoms with Crippen LogP contribution in [0.4, 0.5) is 0 Å². The summed E-state index contributed by atoms with van der Waals surface area (Å²) in [5.41, 5.74) is 12.7. The number of rotatable bonds is 3. The van der Waals surface area contributed by atoms with E-state index in [-0.39, 0.29) is 5.96 Å². The molecule has 0 unspecified atom stereocenters. The Balaban J connectivity index is 2.81. The van der Waals surface area contributed by atoms with Crippen molar-refractivity contribution in [2.24, 2.45) is 16.5 Å². The van der Waals surface area contributed by atoms with Crippen molar-refractivity contribution >= 4 is 40.2 Å². The van der Waals surface area contributed by atoms with Crippen molar-refractivity contribution in [2.45, 2.75) is 12.4 Å². The lowest BCUT2D eigenvalue weighted by Gasteiger charge is -2.02. The molecule has 14 heavy (non-hydrogen) atoms. The maximum absolute atomic E-state index is 5.74. The topological polar surface area (TPSA) is 64.4 Å². The molecule has 0 aromatic heterocycles. The third-order valence-electron chi connectivity index (χ3n) is 1.71. The summed E-state index contributed by atoms with van der Waals surface area (Å²) in [5, 5.41) is 0. The number of halogens is 2. The summed E-state index contributed by atoms with van der Waals surface area (Å²) in [6, 6.07) is 6.00. The van der Waals surface area contributed by atoms with Crippen LogP contribution in [-0.4, -0.2) is 5.96 Å². The van der Waals surface area contributed by atoms with Crippen LogP contribution < -0.4 is 11.5 Å². The molecule has 1 aromatic carbocycles. The van der Waals surface area contributed by atoms with Gasteiger partial charge in [0.1, 0.15) is 0 Å². The molecule has 0 atom stereocenters. The fourth-order valence-electron chi connectivity index (χ4n) is 0.980. The summed E-state index contributed by atoms with van der Waals surface area (Å²) >= 11 is 7.99. The lowest BCUT2D eigenvalue weighted by molar-refractivity contribution is 1.05. The molecule has 0 saturated carbocycles. The van der Waals surface area contributed by atoms with Crippen molar-refractivity contribution in [3.05, 3.63) is 32.9 Å². The summed E-state index contributed by atoms with van der Waals surface area (Å²) in [6.07, 6.45) is 0. The van der Waals surface area contributed by atoms with Crippen LogP contribution in [0.25, 0.3) is 0 Å². The van der Waals surface area contributed by atoms with Gasteiger partial charge in [-0.2, -0.15) is 0 Å². The highest BCUT2D eigenvalue weighted by Gasteiger charge is 1.99. The maximum Gasteiger partial charge on any atom is 0.186 e. The van der Waals surface area contributed by atoms with Crippen LogP contribution in [0.15, 0.2) is 23.2 Å². The summed E-state index contributed by atoms with van der Waals surface area (Å²) in [7, 11) is 0. The van der Waals surface area contributed by atoms with Crippen LogP contribution in [-0.2, 0) is 12.4 Å². The van der Waals surface area contributed by atoms with E-state index in [0.29, 0.717) is 12.4 Å². The van der Waals surface area contributed by atoms with Gasteiger partial charge in [-0.3, -0.25) is 0 Å². The molecule has 0 spiro atoms. The molecule has 0 aliphatic carbocycles. The van der Waals surface area contributed by atoms with Crippen molar-refractivity contribution in [2.75, 3.05) is 0 Å². The number of benzene rings is 1. The van der Waals surface area contributed by atoms with E-state index in [2.05, 4.69) is 27.6 Å². The normalized spacial score (nSPS) is 9.86. The zero-order chi connectivity index (χ0) is 10.6. The van der Waals surface area contributed by atoms with E-state index < -0.39 is 0 Å². The molecule has 1 aromatic rings. The van der Waals surface area contributed by atoms with Gasteiger partial charge in [0.2, 0.25) is 0 Å². The Morgan fingerprint density at radius 3 is 2.64 bits per heavy atom. The standard InChI is InChI=1S/C9H11ClIN3/c10-4-7-2-1-6(3-8(7)11)5-14-9(12)13/h1-3H,4-5H2,(H4,12,13,14). The molecule has 76 valence electrons. The van der Waals surface area contributed by atoms with Crippen molar-refractivity contribution < 1.29 is 0 Å². The zero-order valence-electron chi connectivity index (χ0n) is 7.50. The van der Waals surface area contributed by atoms with Gasteiger partial charge in [-0.05, 0) is 39.8 Å². The van der Waals surface area contributed by atoms with E-state index in [1.807, 2.05) is 18.2 Å². The van der Waals surface area contributed by atoms with Gasteiger partial charge in [0.25, 0.3) is 0 Å². The van der Waals surface area contributed by atoms with E-state index >= 15 is 0 Å². The highest BCUT2D eigenvalue weighted by Crippen LogP contribution is 2.16. The third kappa shape index (κ3) is 3.34. The summed E-state index contributed by atoms with van der Waals surface area (Å²) in [4.78, 5) is 3.93. The highest BCUT2D eigenvalue weighted by molar-refractivity contribution is 14.1. The second-order valence-electron chi connectivity index (χ2n) is 2.80. The molecule has 0 aliphatic heterocycles. The predicted molar refractivity (Wildman–Crippen MR) is 68.2 cm³/mol. The minimum absolute atomic E-state index is 0.112. The van der Waals surface area contributed by atoms with E-state index in [4.69, 9.17) is 23.1 Å². The second-order valence-corrected chi connectivity index (χ2v) is 4.23. The van der Waals surface area contributed by atoms with Gasteiger partial charge in [0.15, 0.2) is 5.96 Å². The van der Waals surface area contributed by atoms with Gasteiger partial charge in [-0.1, -0.05) is 12.1 Å². The Morgan fingerprint density at radius 1 is 1.43 bits per heavy atom. The fraction of sp³-hybridized carbons (Fsp3) is 0.222. The summed E-state index contributed by atoms with van der Waals surface area (Å²) < 4.78 is 1.14. The van der Waals surface area contributed by atoms with E-state index in [9.17, 15) is 0 Å². The van der Waals surface area contributed by atoms with Crippen LogP contribution in [0.2, 0.25) is 0 Å². The van der Waals surface area contributed by atoms with Gasteiger partial charge in [-0.25, -0.2) is 4.99 Å². The Labute approximate surface area is 102 Å². The van der Waals surface area contributed by atoms with Crippen LogP contribution in [0, 0.1) is 3.57 Å². The number of nitrogens with zero attached hydrogens (tertiary/aromatic N) is 1. The molecular weight excluding hydrogens is 312 g/mol. The van der Waals surface area contributed by atoms with Gasteiger partial charge >= 0.3 is 0 Å².